The van der Waals surface area contributed by atoms with E-state index in [2.05, 4.69) is 15.6 Å². The monoisotopic (exact) mass is 334 g/mol. The number of ether oxygens (including phenoxy) is 3. The van der Waals surface area contributed by atoms with Gasteiger partial charge < -0.3 is 19.5 Å². The molecule has 2 rings (SSSR count). The zero-order chi connectivity index (χ0) is 17.5. The maximum Gasteiger partial charge on any atom is 0.327 e. The molecule has 1 heterocycles. The van der Waals surface area contributed by atoms with Crippen LogP contribution in [0.2, 0.25) is 0 Å². The molecule has 1 amide bonds. The van der Waals surface area contributed by atoms with Crippen molar-refractivity contribution in [2.24, 2.45) is 0 Å². The van der Waals surface area contributed by atoms with Gasteiger partial charge in [0.1, 0.15) is 6.54 Å². The lowest BCUT2D eigenvalue weighted by Crippen LogP contribution is -2.14. The number of hydrogen-bond donors (Lipinski definition) is 1. The van der Waals surface area contributed by atoms with Crippen LogP contribution in [-0.2, 0) is 16.1 Å². The lowest BCUT2D eigenvalue weighted by atomic mass is 10.2. The van der Waals surface area contributed by atoms with Crippen LogP contribution in [0.15, 0.2) is 24.4 Å². The fraction of sp³-hybridized carbons (Fsp3) is 0.333. The molecular formula is C15H18N4O5. The third-order valence-corrected chi connectivity index (χ3v) is 3.02. The molecule has 0 saturated carbocycles. The number of esters is 1. The molecule has 0 atom stereocenters. The van der Waals surface area contributed by atoms with Gasteiger partial charge in [0.15, 0.2) is 17.3 Å². The summed E-state index contributed by atoms with van der Waals surface area (Å²) >= 11 is 0. The van der Waals surface area contributed by atoms with Gasteiger partial charge in [-0.25, -0.2) is 4.68 Å². The van der Waals surface area contributed by atoms with Gasteiger partial charge in [-0.15, -0.1) is 5.10 Å². The number of rotatable bonds is 7. The van der Waals surface area contributed by atoms with E-state index < -0.39 is 5.97 Å². The molecule has 1 N–H and O–H groups in total. The van der Waals surface area contributed by atoms with Gasteiger partial charge >= 0.3 is 5.97 Å². The molecule has 1 aromatic carbocycles. The highest BCUT2D eigenvalue weighted by atomic mass is 16.5. The molecule has 9 heteroatoms. The van der Waals surface area contributed by atoms with Crippen LogP contribution in [-0.4, -0.2) is 47.7 Å². The number of hydrogen-bond acceptors (Lipinski definition) is 7. The largest absolute Gasteiger partial charge is 0.493 e. The van der Waals surface area contributed by atoms with Crippen LogP contribution in [0.5, 0.6) is 11.5 Å². The average molecular weight is 334 g/mol. The quantitative estimate of drug-likeness (QED) is 0.756. The average Bonchev–Trinajstić information content (AvgIpc) is 3.01. The fourth-order valence-electron chi connectivity index (χ4n) is 1.94. The lowest BCUT2D eigenvalue weighted by molar-refractivity contribution is -0.144. The molecule has 0 spiro atoms. The normalized spacial score (nSPS) is 10.1. The Morgan fingerprint density at radius 3 is 2.62 bits per heavy atom. The Balaban J connectivity index is 2.05. The Labute approximate surface area is 138 Å². The van der Waals surface area contributed by atoms with Gasteiger partial charge in [0.05, 0.1) is 27.0 Å². The second kappa shape index (κ2) is 7.95. The molecule has 1 aromatic heterocycles. The van der Waals surface area contributed by atoms with E-state index in [-0.39, 0.29) is 24.9 Å². The Bertz CT molecular complexity index is 728. The number of amides is 1. The first-order chi connectivity index (χ1) is 11.6. The molecule has 24 heavy (non-hydrogen) atoms. The molecule has 0 aliphatic rings. The summed E-state index contributed by atoms with van der Waals surface area (Å²) in [5, 5.41) is 10.1. The molecule has 0 radical (unpaired) electrons. The first-order valence-electron chi connectivity index (χ1n) is 7.16. The predicted octanol–water partition coefficient (Wildman–Crippen LogP) is 1.11. The van der Waals surface area contributed by atoms with Crippen molar-refractivity contribution in [3.63, 3.8) is 0 Å². The smallest absolute Gasteiger partial charge is 0.327 e. The number of carbonyl (C=O) groups excluding carboxylic acids is 2. The minimum absolute atomic E-state index is 0.0763. The number of nitrogens with zero attached hydrogens (tertiary/aromatic N) is 3. The topological polar surface area (TPSA) is 105 Å². The second-order valence-electron chi connectivity index (χ2n) is 4.63. The summed E-state index contributed by atoms with van der Waals surface area (Å²) in [6.07, 6.45) is 1.44. The van der Waals surface area contributed by atoms with E-state index in [4.69, 9.17) is 14.2 Å². The van der Waals surface area contributed by atoms with Crippen LogP contribution >= 0.6 is 0 Å². The molecule has 0 unspecified atom stereocenters. The van der Waals surface area contributed by atoms with E-state index in [1.54, 1.807) is 25.1 Å². The van der Waals surface area contributed by atoms with Crippen molar-refractivity contribution >= 4 is 17.7 Å². The van der Waals surface area contributed by atoms with E-state index in [1.807, 2.05) is 0 Å². The molecule has 0 aliphatic heterocycles. The first-order valence-corrected chi connectivity index (χ1v) is 7.16. The second-order valence-corrected chi connectivity index (χ2v) is 4.63. The third-order valence-electron chi connectivity index (χ3n) is 3.02. The molecule has 0 saturated heterocycles. The maximum absolute atomic E-state index is 12.2. The standard InChI is InChI=1S/C15H18N4O5/c1-4-24-14(20)9-19-8-13(17-18-19)16-15(21)10-5-6-11(22-2)12(7-10)23-3/h5-8H,4,9H2,1-3H3,(H,16,21). The van der Waals surface area contributed by atoms with Crippen LogP contribution in [0.25, 0.3) is 0 Å². The van der Waals surface area contributed by atoms with E-state index in [1.165, 1.54) is 25.1 Å². The number of aromatic nitrogens is 3. The molecular weight excluding hydrogens is 316 g/mol. The fourth-order valence-corrected chi connectivity index (χ4v) is 1.94. The first kappa shape index (κ1) is 17.3. The van der Waals surface area contributed by atoms with Gasteiger partial charge in [0.2, 0.25) is 0 Å². The van der Waals surface area contributed by atoms with E-state index in [0.717, 1.165) is 0 Å². The molecule has 0 bridgehead atoms. The Kier molecular flexibility index (Phi) is 5.72. The van der Waals surface area contributed by atoms with Gasteiger partial charge in [-0.3, -0.25) is 9.59 Å². The third kappa shape index (κ3) is 4.22. The van der Waals surface area contributed by atoms with Crippen molar-refractivity contribution in [1.82, 2.24) is 15.0 Å². The highest BCUT2D eigenvalue weighted by molar-refractivity contribution is 6.04. The maximum atomic E-state index is 12.2. The summed E-state index contributed by atoms with van der Waals surface area (Å²) < 4.78 is 16.4. The van der Waals surface area contributed by atoms with Crippen molar-refractivity contribution in [1.29, 1.82) is 0 Å². The van der Waals surface area contributed by atoms with Crippen LogP contribution < -0.4 is 14.8 Å². The summed E-state index contributed by atoms with van der Waals surface area (Å²) in [6.45, 7) is 1.93. The van der Waals surface area contributed by atoms with Gasteiger partial charge in [-0.1, -0.05) is 5.21 Å². The van der Waals surface area contributed by atoms with E-state index >= 15 is 0 Å². The van der Waals surface area contributed by atoms with Gasteiger partial charge in [0.25, 0.3) is 5.91 Å². The number of nitrogens with one attached hydrogen (secondary N) is 1. The van der Waals surface area contributed by atoms with Crippen molar-refractivity contribution in [2.45, 2.75) is 13.5 Å². The molecule has 128 valence electrons. The van der Waals surface area contributed by atoms with Crippen LogP contribution in [0.3, 0.4) is 0 Å². The molecule has 0 fully saturated rings. The Morgan fingerprint density at radius 2 is 1.96 bits per heavy atom. The highest BCUT2D eigenvalue weighted by Crippen LogP contribution is 2.27. The highest BCUT2D eigenvalue weighted by Gasteiger charge is 2.13. The number of carbonyl (C=O) groups is 2. The van der Waals surface area contributed by atoms with Crippen molar-refractivity contribution in [2.75, 3.05) is 26.1 Å². The lowest BCUT2D eigenvalue weighted by Gasteiger charge is -2.09. The van der Waals surface area contributed by atoms with Crippen molar-refractivity contribution in [3.8, 4) is 11.5 Å². The summed E-state index contributed by atoms with van der Waals surface area (Å²) in [6, 6.07) is 4.78. The Morgan fingerprint density at radius 1 is 1.21 bits per heavy atom. The summed E-state index contributed by atoms with van der Waals surface area (Å²) in [7, 11) is 3.00. The summed E-state index contributed by atoms with van der Waals surface area (Å²) in [5.74, 6) is 0.365. The molecule has 0 aliphatic carbocycles. The van der Waals surface area contributed by atoms with Crippen molar-refractivity contribution < 1.29 is 23.8 Å². The number of anilines is 1. The van der Waals surface area contributed by atoms with Gasteiger partial charge in [-0.05, 0) is 25.1 Å². The minimum Gasteiger partial charge on any atom is -0.493 e. The molecule has 2 aromatic rings. The SMILES string of the molecule is CCOC(=O)Cn1cc(NC(=O)c2ccc(OC)c(OC)c2)nn1. The molecule has 9 nitrogen and oxygen atoms in total. The van der Waals surface area contributed by atoms with Crippen LogP contribution in [0.4, 0.5) is 5.82 Å². The summed E-state index contributed by atoms with van der Waals surface area (Å²) in [5.41, 5.74) is 0.368. The van der Waals surface area contributed by atoms with E-state index in [0.29, 0.717) is 17.1 Å². The zero-order valence-electron chi connectivity index (χ0n) is 13.6. The van der Waals surface area contributed by atoms with Crippen LogP contribution in [0.1, 0.15) is 17.3 Å². The van der Waals surface area contributed by atoms with E-state index in [9.17, 15) is 9.59 Å². The predicted molar refractivity (Wildman–Crippen MR) is 84.2 cm³/mol. The van der Waals surface area contributed by atoms with Gasteiger partial charge in [0, 0.05) is 5.56 Å². The number of benzene rings is 1. The zero-order valence-corrected chi connectivity index (χ0v) is 13.6. The van der Waals surface area contributed by atoms with Gasteiger partial charge in [-0.2, -0.15) is 0 Å². The van der Waals surface area contributed by atoms with Crippen molar-refractivity contribution in [3.05, 3.63) is 30.0 Å². The summed E-state index contributed by atoms with van der Waals surface area (Å²) in [4.78, 5) is 23.6. The number of methoxy groups -OCH3 is 2. The minimum atomic E-state index is -0.430. The van der Waals surface area contributed by atoms with Crippen LogP contribution in [0, 0.1) is 0 Å². The Hall–Kier alpha value is -3.10.